The summed E-state index contributed by atoms with van der Waals surface area (Å²) in [6.07, 6.45) is -1.21. The zero-order chi connectivity index (χ0) is 22.0. The summed E-state index contributed by atoms with van der Waals surface area (Å²) in [6, 6.07) is 1.91. The average Bonchev–Trinajstić information content (AvgIpc) is 2.99. The number of hydrogen-bond donors (Lipinski definition) is 1. The normalized spacial score (nSPS) is 22.5. The average molecular weight is 441 g/mol. The third-order valence-electron chi connectivity index (χ3n) is 5.44. The summed E-state index contributed by atoms with van der Waals surface area (Å²) in [6.45, 7) is 2.74. The number of carbonyl (C=O) groups is 2. The standard InChI is InChI=1S/C19H25F2N5O5/c20-15-9-13(25-12-14(11-22)31-19(25)28)10-16(21)17(15)23-1-2-26(30-8-5-23)18(27)24-3-6-29-7-4-24/h9-10,14H,1-8,11-12,22H2/t14-/m0/s1. The van der Waals surface area contributed by atoms with Gasteiger partial charge in [0, 0.05) is 44.9 Å². The number of carbonyl (C=O) groups excluding carboxylic acids is 2. The molecule has 0 spiro atoms. The minimum Gasteiger partial charge on any atom is -0.443 e. The van der Waals surface area contributed by atoms with Crippen LogP contribution >= 0.6 is 0 Å². The zero-order valence-corrected chi connectivity index (χ0v) is 17.0. The smallest absolute Gasteiger partial charge is 0.414 e. The minimum atomic E-state index is -0.813. The molecule has 0 saturated carbocycles. The van der Waals surface area contributed by atoms with Gasteiger partial charge in [0.25, 0.3) is 0 Å². The summed E-state index contributed by atoms with van der Waals surface area (Å²) in [5, 5.41) is 1.22. The van der Waals surface area contributed by atoms with Crippen LogP contribution in [0.15, 0.2) is 12.1 Å². The molecule has 4 rings (SSSR count). The van der Waals surface area contributed by atoms with Crippen LogP contribution in [0.5, 0.6) is 0 Å². The monoisotopic (exact) mass is 441 g/mol. The number of urea groups is 1. The molecule has 3 fully saturated rings. The minimum absolute atomic E-state index is 0.0647. The lowest BCUT2D eigenvalue weighted by Crippen LogP contribution is -2.48. The molecule has 2 N–H and O–H groups in total. The van der Waals surface area contributed by atoms with Crippen molar-refractivity contribution >= 4 is 23.5 Å². The molecule has 3 aliphatic rings. The summed E-state index contributed by atoms with van der Waals surface area (Å²) in [5.41, 5.74) is 5.34. The Balaban J connectivity index is 1.46. The lowest BCUT2D eigenvalue weighted by Gasteiger charge is -2.31. The fraction of sp³-hybridized carbons (Fsp3) is 0.579. The van der Waals surface area contributed by atoms with Crippen LogP contribution in [0.25, 0.3) is 0 Å². The van der Waals surface area contributed by atoms with Gasteiger partial charge in [-0.25, -0.2) is 23.4 Å². The van der Waals surface area contributed by atoms with Gasteiger partial charge < -0.3 is 25.0 Å². The number of anilines is 2. The Morgan fingerprint density at radius 3 is 2.42 bits per heavy atom. The van der Waals surface area contributed by atoms with Crippen LogP contribution in [0.4, 0.5) is 29.7 Å². The second kappa shape index (κ2) is 9.20. The van der Waals surface area contributed by atoms with E-state index >= 15 is 0 Å². The lowest BCUT2D eigenvalue weighted by atomic mass is 10.2. The maximum atomic E-state index is 14.9. The van der Waals surface area contributed by atoms with Crippen LogP contribution < -0.4 is 15.5 Å². The molecule has 1 aromatic rings. The number of nitrogens with two attached hydrogens (primary N) is 1. The molecule has 1 atom stereocenters. The van der Waals surface area contributed by atoms with Gasteiger partial charge in [0.15, 0.2) is 11.6 Å². The maximum Gasteiger partial charge on any atom is 0.414 e. The molecule has 31 heavy (non-hydrogen) atoms. The van der Waals surface area contributed by atoms with E-state index in [-0.39, 0.29) is 56.7 Å². The van der Waals surface area contributed by atoms with E-state index in [1.165, 1.54) is 9.96 Å². The van der Waals surface area contributed by atoms with Gasteiger partial charge in [-0.2, -0.15) is 0 Å². The van der Waals surface area contributed by atoms with Crippen molar-refractivity contribution in [3.8, 4) is 0 Å². The van der Waals surface area contributed by atoms with Crippen molar-refractivity contribution in [2.45, 2.75) is 6.10 Å². The highest BCUT2D eigenvalue weighted by Gasteiger charge is 2.33. The Morgan fingerprint density at radius 1 is 1.06 bits per heavy atom. The highest BCUT2D eigenvalue weighted by atomic mass is 19.1. The van der Waals surface area contributed by atoms with Gasteiger partial charge in [0.05, 0.1) is 38.6 Å². The fourth-order valence-corrected chi connectivity index (χ4v) is 3.80. The van der Waals surface area contributed by atoms with E-state index < -0.39 is 23.8 Å². The summed E-state index contributed by atoms with van der Waals surface area (Å²) in [4.78, 5) is 34.4. The molecule has 3 amide bonds. The van der Waals surface area contributed by atoms with Crippen molar-refractivity contribution < 1.29 is 32.7 Å². The third kappa shape index (κ3) is 4.50. The van der Waals surface area contributed by atoms with Crippen LogP contribution in [0.1, 0.15) is 0 Å². The first kappa shape index (κ1) is 21.5. The molecule has 3 aliphatic heterocycles. The van der Waals surface area contributed by atoms with Crippen molar-refractivity contribution in [1.82, 2.24) is 9.96 Å². The fourth-order valence-electron chi connectivity index (χ4n) is 3.80. The van der Waals surface area contributed by atoms with Crippen molar-refractivity contribution in [3.05, 3.63) is 23.8 Å². The van der Waals surface area contributed by atoms with Crippen LogP contribution in [0, 0.1) is 11.6 Å². The van der Waals surface area contributed by atoms with Crippen LogP contribution in [0.3, 0.4) is 0 Å². The van der Waals surface area contributed by atoms with Crippen molar-refractivity contribution in [2.75, 3.05) is 75.4 Å². The van der Waals surface area contributed by atoms with E-state index in [0.717, 1.165) is 17.0 Å². The second-order valence-electron chi connectivity index (χ2n) is 7.41. The number of rotatable bonds is 3. The quantitative estimate of drug-likeness (QED) is 0.739. The first-order chi connectivity index (χ1) is 15.0. The molecule has 0 radical (unpaired) electrons. The molecule has 0 aliphatic carbocycles. The van der Waals surface area contributed by atoms with Crippen molar-refractivity contribution in [3.63, 3.8) is 0 Å². The molecule has 0 bridgehead atoms. The third-order valence-corrected chi connectivity index (χ3v) is 5.44. The molecule has 3 saturated heterocycles. The Kier molecular flexibility index (Phi) is 6.39. The number of morpholine rings is 1. The number of benzene rings is 1. The SMILES string of the molecule is NC[C@H]1CN(c2cc(F)c(N3CCON(C(=O)N4CCOCC4)CC3)c(F)c2)C(=O)O1. The van der Waals surface area contributed by atoms with Gasteiger partial charge in [-0.15, -0.1) is 0 Å². The summed E-state index contributed by atoms with van der Waals surface area (Å²) >= 11 is 0. The van der Waals surface area contributed by atoms with Crippen LogP contribution in [-0.2, 0) is 14.3 Å². The van der Waals surface area contributed by atoms with Crippen molar-refractivity contribution in [1.29, 1.82) is 0 Å². The topological polar surface area (TPSA) is 101 Å². The molecule has 12 heteroatoms. The number of hydroxylamine groups is 2. The van der Waals surface area contributed by atoms with Gasteiger partial charge in [0.2, 0.25) is 0 Å². The Bertz CT molecular complexity index is 815. The zero-order valence-electron chi connectivity index (χ0n) is 17.0. The molecule has 1 aromatic carbocycles. The summed E-state index contributed by atoms with van der Waals surface area (Å²) in [5.74, 6) is -1.63. The van der Waals surface area contributed by atoms with Crippen LogP contribution in [0.2, 0.25) is 0 Å². The van der Waals surface area contributed by atoms with E-state index in [2.05, 4.69) is 0 Å². The Hall–Kier alpha value is -2.70. The predicted molar refractivity (Wildman–Crippen MR) is 106 cm³/mol. The molecule has 10 nitrogen and oxygen atoms in total. The first-order valence-electron chi connectivity index (χ1n) is 10.2. The molecule has 3 heterocycles. The van der Waals surface area contributed by atoms with E-state index in [4.69, 9.17) is 20.0 Å². The Morgan fingerprint density at radius 2 is 1.77 bits per heavy atom. The number of cyclic esters (lactones) is 1. The van der Waals surface area contributed by atoms with E-state index in [0.29, 0.717) is 26.3 Å². The molecular formula is C19H25F2N5O5. The second-order valence-corrected chi connectivity index (χ2v) is 7.41. The van der Waals surface area contributed by atoms with Crippen molar-refractivity contribution in [2.24, 2.45) is 5.73 Å². The van der Waals surface area contributed by atoms with Gasteiger partial charge in [-0.1, -0.05) is 0 Å². The largest absolute Gasteiger partial charge is 0.443 e. The number of amides is 3. The van der Waals surface area contributed by atoms with Gasteiger partial charge in [-0.3, -0.25) is 9.74 Å². The van der Waals surface area contributed by atoms with E-state index in [1.54, 1.807) is 4.90 Å². The van der Waals surface area contributed by atoms with E-state index in [9.17, 15) is 18.4 Å². The molecular weight excluding hydrogens is 416 g/mol. The van der Waals surface area contributed by atoms with Gasteiger partial charge in [0.1, 0.15) is 11.8 Å². The Labute approximate surface area is 177 Å². The lowest BCUT2D eigenvalue weighted by molar-refractivity contribution is -0.117. The summed E-state index contributed by atoms with van der Waals surface area (Å²) < 4.78 is 40.1. The maximum absolute atomic E-state index is 14.9. The van der Waals surface area contributed by atoms with Crippen LogP contribution in [-0.4, -0.2) is 93.8 Å². The number of nitrogens with zero attached hydrogens (tertiary/aromatic N) is 4. The summed E-state index contributed by atoms with van der Waals surface area (Å²) in [7, 11) is 0. The highest BCUT2D eigenvalue weighted by molar-refractivity contribution is 5.90. The number of halogens is 2. The highest BCUT2D eigenvalue weighted by Crippen LogP contribution is 2.31. The molecule has 170 valence electrons. The molecule has 0 aromatic heterocycles. The number of hydrogen-bond acceptors (Lipinski definition) is 7. The van der Waals surface area contributed by atoms with Gasteiger partial charge in [-0.05, 0) is 0 Å². The van der Waals surface area contributed by atoms with Gasteiger partial charge >= 0.3 is 12.1 Å². The predicted octanol–water partition coefficient (Wildman–Crippen LogP) is 0.754. The van der Waals surface area contributed by atoms with E-state index in [1.807, 2.05) is 0 Å². The first-order valence-corrected chi connectivity index (χ1v) is 10.2. The molecule has 0 unspecified atom stereocenters. The number of ether oxygens (including phenoxy) is 2.